The van der Waals surface area contributed by atoms with Gasteiger partial charge >= 0.3 is 5.97 Å². The van der Waals surface area contributed by atoms with Crippen LogP contribution < -0.4 is 4.90 Å². The highest BCUT2D eigenvalue weighted by Crippen LogP contribution is 2.25. The zero-order valence-corrected chi connectivity index (χ0v) is 12.4. The second-order valence-corrected chi connectivity index (χ2v) is 6.77. The highest BCUT2D eigenvalue weighted by molar-refractivity contribution is 8.00. The van der Waals surface area contributed by atoms with Gasteiger partial charge in [-0.15, -0.1) is 0 Å². The molecule has 2 rings (SSSR count). The quantitative estimate of drug-likeness (QED) is 0.922. The van der Waals surface area contributed by atoms with Crippen molar-refractivity contribution in [1.29, 1.82) is 0 Å². The zero-order chi connectivity index (χ0) is 14.0. The van der Waals surface area contributed by atoms with E-state index in [0.29, 0.717) is 10.8 Å². The van der Waals surface area contributed by atoms with Gasteiger partial charge in [0.1, 0.15) is 5.82 Å². The van der Waals surface area contributed by atoms with E-state index in [1.807, 2.05) is 25.6 Å². The van der Waals surface area contributed by atoms with E-state index in [1.54, 1.807) is 12.1 Å². The second-order valence-electron chi connectivity index (χ2n) is 5.23. The summed E-state index contributed by atoms with van der Waals surface area (Å²) in [5.41, 5.74) is 1.18. The fourth-order valence-corrected chi connectivity index (χ4v) is 3.16. The van der Waals surface area contributed by atoms with Crippen LogP contribution in [0.5, 0.6) is 0 Å². The molecule has 1 aromatic heterocycles. The minimum Gasteiger partial charge on any atom is -0.478 e. The average molecular weight is 280 g/mol. The predicted octanol–water partition coefficient (Wildman–Crippen LogP) is 2.84. The largest absolute Gasteiger partial charge is 0.478 e. The van der Waals surface area contributed by atoms with Gasteiger partial charge in [0.25, 0.3) is 0 Å². The molecule has 0 radical (unpaired) electrons. The molecule has 1 aromatic rings. The SMILES string of the molecule is CC1CN(c2cc(C(=O)O)cc(C(C)C)n2)CCS1. The van der Waals surface area contributed by atoms with Crippen molar-refractivity contribution < 1.29 is 9.90 Å². The number of hydrogen-bond acceptors (Lipinski definition) is 4. The van der Waals surface area contributed by atoms with Crippen molar-refractivity contribution in [1.82, 2.24) is 4.98 Å². The Hall–Kier alpha value is -1.23. The number of carbonyl (C=O) groups is 1. The molecule has 1 aliphatic heterocycles. The maximum absolute atomic E-state index is 11.2. The number of thioether (sulfide) groups is 1. The average Bonchev–Trinajstić information content (AvgIpc) is 2.38. The molecule has 1 N–H and O–H groups in total. The number of rotatable bonds is 3. The van der Waals surface area contributed by atoms with Gasteiger partial charge in [-0.05, 0) is 18.1 Å². The third kappa shape index (κ3) is 3.41. The van der Waals surface area contributed by atoms with Crippen LogP contribution in [-0.2, 0) is 0 Å². The molecular weight excluding hydrogens is 260 g/mol. The number of hydrogen-bond donors (Lipinski definition) is 1. The van der Waals surface area contributed by atoms with Gasteiger partial charge < -0.3 is 10.0 Å². The Morgan fingerprint density at radius 3 is 2.84 bits per heavy atom. The first-order chi connectivity index (χ1) is 8.97. The molecule has 0 saturated carbocycles. The van der Waals surface area contributed by atoms with Gasteiger partial charge in [0.05, 0.1) is 5.56 Å². The lowest BCUT2D eigenvalue weighted by Crippen LogP contribution is -2.37. The minimum atomic E-state index is -0.884. The highest BCUT2D eigenvalue weighted by Gasteiger charge is 2.20. The van der Waals surface area contributed by atoms with Crippen molar-refractivity contribution in [2.24, 2.45) is 0 Å². The summed E-state index contributed by atoms with van der Waals surface area (Å²) in [6.45, 7) is 8.13. The van der Waals surface area contributed by atoms with Crippen molar-refractivity contribution in [3.63, 3.8) is 0 Å². The maximum Gasteiger partial charge on any atom is 0.335 e. The summed E-state index contributed by atoms with van der Waals surface area (Å²) in [6, 6.07) is 3.37. The monoisotopic (exact) mass is 280 g/mol. The van der Waals surface area contributed by atoms with Gasteiger partial charge in [-0.2, -0.15) is 11.8 Å². The van der Waals surface area contributed by atoms with Gasteiger partial charge in [0.2, 0.25) is 0 Å². The smallest absolute Gasteiger partial charge is 0.335 e. The Morgan fingerprint density at radius 2 is 2.26 bits per heavy atom. The van der Waals surface area contributed by atoms with Crippen LogP contribution in [0.2, 0.25) is 0 Å². The first-order valence-corrected chi connectivity index (χ1v) is 7.64. The molecule has 104 valence electrons. The standard InChI is InChI=1S/C14H20N2O2S/c1-9(2)12-6-11(14(17)18)7-13(15-12)16-4-5-19-10(3)8-16/h6-7,9-10H,4-5,8H2,1-3H3,(H,17,18). The molecule has 1 aliphatic rings. The van der Waals surface area contributed by atoms with E-state index in [-0.39, 0.29) is 5.92 Å². The number of nitrogens with zero attached hydrogens (tertiary/aromatic N) is 2. The van der Waals surface area contributed by atoms with E-state index in [1.165, 1.54) is 0 Å². The van der Waals surface area contributed by atoms with Crippen LogP contribution >= 0.6 is 11.8 Å². The molecule has 5 heteroatoms. The van der Waals surface area contributed by atoms with Crippen molar-refractivity contribution in [3.8, 4) is 0 Å². The van der Waals surface area contributed by atoms with Gasteiger partial charge in [0, 0.05) is 29.8 Å². The van der Waals surface area contributed by atoms with Gasteiger partial charge in [-0.1, -0.05) is 20.8 Å². The Kier molecular flexibility index (Phi) is 4.34. The highest BCUT2D eigenvalue weighted by atomic mass is 32.2. The third-order valence-corrected chi connectivity index (χ3v) is 4.37. The minimum absolute atomic E-state index is 0.231. The van der Waals surface area contributed by atoms with E-state index in [0.717, 1.165) is 30.4 Å². The fourth-order valence-electron chi connectivity index (χ4n) is 2.14. The fraction of sp³-hybridized carbons (Fsp3) is 0.571. The topological polar surface area (TPSA) is 53.4 Å². The number of aromatic carboxylic acids is 1. The van der Waals surface area contributed by atoms with Crippen molar-refractivity contribution in [2.75, 3.05) is 23.7 Å². The lowest BCUT2D eigenvalue weighted by atomic mass is 10.1. The Balaban J connectivity index is 2.35. The lowest BCUT2D eigenvalue weighted by molar-refractivity contribution is 0.0696. The molecule has 0 amide bonds. The van der Waals surface area contributed by atoms with Crippen LogP contribution in [0.1, 0.15) is 42.7 Å². The summed E-state index contributed by atoms with van der Waals surface area (Å²) >= 11 is 1.95. The summed E-state index contributed by atoms with van der Waals surface area (Å²) in [5.74, 6) is 1.22. The van der Waals surface area contributed by atoms with Crippen LogP contribution in [0.15, 0.2) is 12.1 Å². The Bertz CT molecular complexity index is 477. The predicted molar refractivity (Wildman–Crippen MR) is 79.4 cm³/mol. The summed E-state index contributed by atoms with van der Waals surface area (Å²) < 4.78 is 0. The number of pyridine rings is 1. The van der Waals surface area contributed by atoms with Crippen LogP contribution in [0, 0.1) is 0 Å². The van der Waals surface area contributed by atoms with E-state index in [9.17, 15) is 9.90 Å². The van der Waals surface area contributed by atoms with Crippen LogP contribution in [-0.4, -0.2) is 40.2 Å². The summed E-state index contributed by atoms with van der Waals surface area (Å²) in [5, 5.41) is 9.78. The van der Waals surface area contributed by atoms with Crippen molar-refractivity contribution >= 4 is 23.5 Å². The molecule has 19 heavy (non-hydrogen) atoms. The van der Waals surface area contributed by atoms with Crippen molar-refractivity contribution in [2.45, 2.75) is 31.9 Å². The van der Waals surface area contributed by atoms with E-state index in [4.69, 9.17) is 0 Å². The second kappa shape index (κ2) is 5.82. The molecule has 0 spiro atoms. The molecule has 2 heterocycles. The van der Waals surface area contributed by atoms with Gasteiger partial charge in [-0.3, -0.25) is 0 Å². The first-order valence-electron chi connectivity index (χ1n) is 6.59. The molecule has 1 unspecified atom stereocenters. The van der Waals surface area contributed by atoms with Crippen LogP contribution in [0.4, 0.5) is 5.82 Å². The zero-order valence-electron chi connectivity index (χ0n) is 11.6. The summed E-state index contributed by atoms with van der Waals surface area (Å²) in [4.78, 5) is 18.0. The van der Waals surface area contributed by atoms with E-state index >= 15 is 0 Å². The summed E-state index contributed by atoms with van der Waals surface area (Å²) in [7, 11) is 0. The van der Waals surface area contributed by atoms with E-state index < -0.39 is 5.97 Å². The summed E-state index contributed by atoms with van der Waals surface area (Å²) in [6.07, 6.45) is 0. The maximum atomic E-state index is 11.2. The molecule has 1 fully saturated rings. The van der Waals surface area contributed by atoms with Crippen LogP contribution in [0.3, 0.4) is 0 Å². The molecule has 0 aromatic carbocycles. The number of carboxylic acids is 1. The van der Waals surface area contributed by atoms with Crippen LogP contribution in [0.25, 0.3) is 0 Å². The number of anilines is 1. The van der Waals surface area contributed by atoms with Gasteiger partial charge in [-0.25, -0.2) is 9.78 Å². The third-order valence-electron chi connectivity index (χ3n) is 3.24. The molecule has 1 saturated heterocycles. The van der Waals surface area contributed by atoms with Gasteiger partial charge in [0.15, 0.2) is 0 Å². The number of aromatic nitrogens is 1. The first kappa shape index (κ1) is 14.2. The normalized spacial score (nSPS) is 19.8. The lowest BCUT2D eigenvalue weighted by Gasteiger charge is -2.32. The molecular formula is C14H20N2O2S. The molecule has 0 aliphatic carbocycles. The Morgan fingerprint density at radius 1 is 1.53 bits per heavy atom. The molecule has 4 nitrogen and oxygen atoms in total. The Labute approximate surface area is 118 Å². The molecule has 0 bridgehead atoms. The number of carboxylic acid groups (broad SMARTS) is 1. The van der Waals surface area contributed by atoms with Crippen molar-refractivity contribution in [3.05, 3.63) is 23.4 Å². The van der Waals surface area contributed by atoms with E-state index in [2.05, 4.69) is 16.8 Å². The molecule has 1 atom stereocenters.